The Labute approximate surface area is 86.6 Å². The molecular formula is C8H14N4OS. The van der Waals surface area contributed by atoms with Crippen LogP contribution in [-0.4, -0.2) is 22.1 Å². The average molecular weight is 214 g/mol. The van der Waals surface area contributed by atoms with Gasteiger partial charge in [-0.1, -0.05) is 5.16 Å². The molecule has 0 amide bonds. The molecule has 0 bridgehead atoms. The van der Waals surface area contributed by atoms with E-state index < -0.39 is 0 Å². The fraction of sp³-hybridized carbons (Fsp3) is 0.500. The van der Waals surface area contributed by atoms with Crippen molar-refractivity contribution in [2.75, 3.05) is 0 Å². The van der Waals surface area contributed by atoms with Gasteiger partial charge in [0.2, 0.25) is 0 Å². The van der Waals surface area contributed by atoms with Gasteiger partial charge in [0.25, 0.3) is 0 Å². The van der Waals surface area contributed by atoms with Gasteiger partial charge in [0.05, 0.1) is 6.04 Å². The van der Waals surface area contributed by atoms with Crippen LogP contribution in [0.2, 0.25) is 0 Å². The fourth-order valence-corrected chi connectivity index (χ4v) is 1.64. The maximum Gasteiger partial charge on any atom is 0.156 e. The number of oxime groups is 1. The van der Waals surface area contributed by atoms with E-state index in [0.717, 1.165) is 10.7 Å². The number of hydrogen-bond donors (Lipinski definition) is 3. The summed E-state index contributed by atoms with van der Waals surface area (Å²) in [5.74, 6) is 0.179. The predicted octanol–water partition coefficient (Wildman–Crippen LogP) is 0.676. The first-order valence-electron chi connectivity index (χ1n) is 4.25. The molecule has 1 aromatic heterocycles. The zero-order chi connectivity index (χ0) is 10.6. The molecule has 14 heavy (non-hydrogen) atoms. The lowest BCUT2D eigenvalue weighted by molar-refractivity contribution is 0.315. The first kappa shape index (κ1) is 10.9. The molecule has 0 aliphatic heterocycles. The van der Waals surface area contributed by atoms with Gasteiger partial charge in [-0.15, -0.1) is 11.3 Å². The Bertz CT molecular complexity index is 323. The van der Waals surface area contributed by atoms with Crippen LogP contribution in [0.3, 0.4) is 0 Å². The zero-order valence-electron chi connectivity index (χ0n) is 8.19. The Kier molecular flexibility index (Phi) is 3.84. The molecule has 0 fully saturated rings. The highest BCUT2D eigenvalue weighted by molar-refractivity contribution is 7.09. The van der Waals surface area contributed by atoms with Gasteiger partial charge >= 0.3 is 0 Å². The van der Waals surface area contributed by atoms with Crippen LogP contribution in [0.15, 0.2) is 10.5 Å². The standard InChI is InChI=1S/C8H14N4OS/c1-5-4-14-7(11-5)3-10-6(2)8(9)12-13/h4,6,10,13H,3H2,1-2H3,(H2,9,12). The molecule has 5 nitrogen and oxygen atoms in total. The van der Waals surface area contributed by atoms with Gasteiger partial charge in [0.15, 0.2) is 5.84 Å². The normalized spacial score (nSPS) is 14.3. The number of nitrogens with one attached hydrogen (secondary N) is 1. The fourth-order valence-electron chi connectivity index (χ4n) is 0.915. The van der Waals surface area contributed by atoms with Crippen molar-refractivity contribution >= 4 is 17.2 Å². The summed E-state index contributed by atoms with van der Waals surface area (Å²) in [5, 5.41) is 17.4. The van der Waals surface area contributed by atoms with Crippen LogP contribution in [0.5, 0.6) is 0 Å². The van der Waals surface area contributed by atoms with E-state index in [0.29, 0.717) is 6.54 Å². The molecule has 1 atom stereocenters. The second-order valence-electron chi connectivity index (χ2n) is 3.01. The van der Waals surface area contributed by atoms with Crippen molar-refractivity contribution < 1.29 is 5.21 Å². The smallest absolute Gasteiger partial charge is 0.156 e. The third-order valence-corrected chi connectivity index (χ3v) is 2.75. The molecule has 0 radical (unpaired) electrons. The lowest BCUT2D eigenvalue weighted by Crippen LogP contribution is -2.38. The molecule has 78 valence electrons. The van der Waals surface area contributed by atoms with Gasteiger partial charge in [0, 0.05) is 17.6 Å². The summed E-state index contributed by atoms with van der Waals surface area (Å²) in [6.07, 6.45) is 0. The zero-order valence-corrected chi connectivity index (χ0v) is 9.01. The van der Waals surface area contributed by atoms with E-state index in [2.05, 4.69) is 15.5 Å². The minimum absolute atomic E-state index is 0.149. The summed E-state index contributed by atoms with van der Waals surface area (Å²) < 4.78 is 0. The quantitative estimate of drug-likeness (QED) is 0.298. The van der Waals surface area contributed by atoms with E-state index in [-0.39, 0.29) is 11.9 Å². The number of aromatic nitrogens is 1. The SMILES string of the molecule is Cc1csc(CNC(C)C(N)=NO)n1. The molecule has 1 rings (SSSR count). The Morgan fingerprint density at radius 3 is 3.07 bits per heavy atom. The molecule has 1 heterocycles. The largest absolute Gasteiger partial charge is 0.409 e. The van der Waals surface area contributed by atoms with Crippen LogP contribution in [0, 0.1) is 6.92 Å². The van der Waals surface area contributed by atoms with Crippen molar-refractivity contribution in [2.24, 2.45) is 10.9 Å². The Balaban J connectivity index is 2.41. The maximum absolute atomic E-state index is 8.42. The summed E-state index contributed by atoms with van der Waals surface area (Å²) in [4.78, 5) is 4.28. The lowest BCUT2D eigenvalue weighted by Gasteiger charge is -2.09. The second kappa shape index (κ2) is 4.92. The molecule has 1 aromatic rings. The van der Waals surface area contributed by atoms with Crippen molar-refractivity contribution in [3.63, 3.8) is 0 Å². The average Bonchev–Trinajstić information content (AvgIpc) is 2.59. The third kappa shape index (κ3) is 2.97. The molecule has 0 saturated carbocycles. The molecular weight excluding hydrogens is 200 g/mol. The van der Waals surface area contributed by atoms with Crippen molar-refractivity contribution in [1.82, 2.24) is 10.3 Å². The van der Waals surface area contributed by atoms with Crippen LogP contribution >= 0.6 is 11.3 Å². The summed E-state index contributed by atoms with van der Waals surface area (Å²) >= 11 is 1.59. The minimum Gasteiger partial charge on any atom is -0.409 e. The highest BCUT2D eigenvalue weighted by atomic mass is 32.1. The first-order valence-corrected chi connectivity index (χ1v) is 5.13. The highest BCUT2D eigenvalue weighted by Gasteiger charge is 2.07. The minimum atomic E-state index is -0.149. The number of aryl methyl sites for hydroxylation is 1. The van der Waals surface area contributed by atoms with Crippen molar-refractivity contribution in [2.45, 2.75) is 26.4 Å². The van der Waals surface area contributed by atoms with E-state index in [9.17, 15) is 0 Å². The van der Waals surface area contributed by atoms with Crippen LogP contribution < -0.4 is 11.1 Å². The molecule has 0 saturated heterocycles. The van der Waals surface area contributed by atoms with Gasteiger partial charge < -0.3 is 16.3 Å². The molecule has 0 aromatic carbocycles. The number of hydrogen-bond acceptors (Lipinski definition) is 5. The molecule has 0 aliphatic rings. The summed E-state index contributed by atoms with van der Waals surface area (Å²) in [7, 11) is 0. The van der Waals surface area contributed by atoms with E-state index >= 15 is 0 Å². The summed E-state index contributed by atoms with van der Waals surface area (Å²) in [6.45, 7) is 4.42. The van der Waals surface area contributed by atoms with E-state index in [1.165, 1.54) is 0 Å². The topological polar surface area (TPSA) is 83.5 Å². The van der Waals surface area contributed by atoms with E-state index in [1.54, 1.807) is 11.3 Å². The van der Waals surface area contributed by atoms with Crippen LogP contribution in [0.25, 0.3) is 0 Å². The van der Waals surface area contributed by atoms with Gasteiger partial charge in [-0.3, -0.25) is 0 Å². The van der Waals surface area contributed by atoms with Crippen molar-refractivity contribution in [3.8, 4) is 0 Å². The summed E-state index contributed by atoms with van der Waals surface area (Å²) in [6, 6.07) is -0.149. The Morgan fingerprint density at radius 1 is 1.86 bits per heavy atom. The number of nitrogens with zero attached hydrogens (tertiary/aromatic N) is 2. The maximum atomic E-state index is 8.42. The third-order valence-electron chi connectivity index (χ3n) is 1.79. The number of thiazole rings is 1. The number of nitrogens with two attached hydrogens (primary N) is 1. The molecule has 1 unspecified atom stereocenters. The van der Waals surface area contributed by atoms with Crippen LogP contribution in [-0.2, 0) is 6.54 Å². The summed E-state index contributed by atoms with van der Waals surface area (Å²) in [5.41, 5.74) is 6.42. The van der Waals surface area contributed by atoms with E-state index in [1.807, 2.05) is 19.2 Å². The monoisotopic (exact) mass is 214 g/mol. The molecule has 0 spiro atoms. The van der Waals surface area contributed by atoms with Crippen LogP contribution in [0.4, 0.5) is 0 Å². The van der Waals surface area contributed by atoms with Crippen molar-refractivity contribution in [1.29, 1.82) is 0 Å². The second-order valence-corrected chi connectivity index (χ2v) is 3.95. The lowest BCUT2D eigenvalue weighted by atomic mass is 10.3. The first-order chi connectivity index (χ1) is 6.63. The van der Waals surface area contributed by atoms with Gasteiger partial charge in [0.1, 0.15) is 5.01 Å². The highest BCUT2D eigenvalue weighted by Crippen LogP contribution is 2.07. The van der Waals surface area contributed by atoms with Crippen molar-refractivity contribution in [3.05, 3.63) is 16.1 Å². The molecule has 4 N–H and O–H groups in total. The Morgan fingerprint density at radius 2 is 2.57 bits per heavy atom. The number of rotatable bonds is 4. The van der Waals surface area contributed by atoms with Gasteiger partial charge in [-0.25, -0.2) is 4.98 Å². The molecule has 6 heteroatoms. The van der Waals surface area contributed by atoms with Gasteiger partial charge in [-0.05, 0) is 13.8 Å². The Hall–Kier alpha value is -1.14. The molecule has 0 aliphatic carbocycles. The van der Waals surface area contributed by atoms with Gasteiger partial charge in [-0.2, -0.15) is 0 Å². The van der Waals surface area contributed by atoms with Crippen LogP contribution in [0.1, 0.15) is 17.6 Å². The predicted molar refractivity (Wildman–Crippen MR) is 56.6 cm³/mol. The van der Waals surface area contributed by atoms with E-state index in [4.69, 9.17) is 10.9 Å². The number of amidine groups is 1.